The van der Waals surface area contributed by atoms with Crippen LogP contribution in [0.15, 0.2) is 90.0 Å². The van der Waals surface area contributed by atoms with Crippen molar-refractivity contribution in [2.24, 2.45) is 23.7 Å². The van der Waals surface area contributed by atoms with E-state index in [9.17, 15) is 29.8 Å². The molecular formula is C35H35BN2O7. The van der Waals surface area contributed by atoms with E-state index >= 15 is 0 Å². The first-order valence-electron chi connectivity index (χ1n) is 15.4. The van der Waals surface area contributed by atoms with Crippen LogP contribution in [0, 0.1) is 33.8 Å². The largest absolute Gasteiger partial charge is 0.508 e. The zero-order chi connectivity index (χ0) is 31.8. The zero-order valence-corrected chi connectivity index (χ0v) is 25.2. The molecule has 45 heavy (non-hydrogen) atoms. The molecule has 0 bridgehead atoms. The van der Waals surface area contributed by atoms with Crippen molar-refractivity contribution in [2.75, 3.05) is 4.90 Å². The van der Waals surface area contributed by atoms with Crippen LogP contribution in [0.1, 0.15) is 44.2 Å². The van der Waals surface area contributed by atoms with E-state index in [0.717, 1.165) is 32.7 Å². The highest BCUT2D eigenvalue weighted by molar-refractivity contribution is 6.43. The Morgan fingerprint density at radius 3 is 2.51 bits per heavy atom. The third-order valence-electron chi connectivity index (χ3n) is 9.27. The number of hydrogen-bond acceptors (Lipinski definition) is 7. The molecule has 6 rings (SSSR count). The number of non-ortho nitro benzene ring substituents is 1. The highest BCUT2D eigenvalue weighted by atomic mass is 16.6. The molecule has 0 unspecified atom stereocenters. The molecule has 3 aromatic carbocycles. The van der Waals surface area contributed by atoms with Gasteiger partial charge in [-0.3, -0.25) is 19.7 Å². The molecule has 0 spiro atoms. The lowest BCUT2D eigenvalue weighted by Gasteiger charge is -2.44. The van der Waals surface area contributed by atoms with Crippen LogP contribution in [0.3, 0.4) is 0 Å². The van der Waals surface area contributed by atoms with Gasteiger partial charge in [-0.1, -0.05) is 74.0 Å². The molecule has 0 saturated carbocycles. The van der Waals surface area contributed by atoms with Gasteiger partial charge in [0.25, 0.3) is 5.69 Å². The number of rotatable bonds is 8. The van der Waals surface area contributed by atoms with Gasteiger partial charge in [-0.25, -0.2) is 4.90 Å². The summed E-state index contributed by atoms with van der Waals surface area (Å²) in [6.45, 7) is 4.14. The van der Waals surface area contributed by atoms with Gasteiger partial charge in [0, 0.05) is 12.1 Å². The van der Waals surface area contributed by atoms with E-state index in [4.69, 9.17) is 4.65 Å². The van der Waals surface area contributed by atoms with Gasteiger partial charge in [-0.15, -0.1) is 0 Å². The van der Waals surface area contributed by atoms with Crippen molar-refractivity contribution in [3.63, 3.8) is 0 Å². The number of allylic oxidation sites excluding steroid dienone is 2. The Hall–Kier alpha value is -4.54. The second-order valence-electron chi connectivity index (χ2n) is 12.4. The van der Waals surface area contributed by atoms with Crippen molar-refractivity contribution in [1.82, 2.24) is 0 Å². The van der Waals surface area contributed by atoms with E-state index in [0.29, 0.717) is 19.3 Å². The number of phenolic OH excluding ortho intramolecular Hbond substituents is 1. The van der Waals surface area contributed by atoms with E-state index in [1.807, 2.05) is 42.5 Å². The first-order chi connectivity index (χ1) is 21.6. The Morgan fingerprint density at radius 2 is 1.80 bits per heavy atom. The molecule has 10 heteroatoms. The first kappa shape index (κ1) is 30.5. The van der Waals surface area contributed by atoms with Gasteiger partial charge in [0.05, 0.1) is 28.6 Å². The predicted molar refractivity (Wildman–Crippen MR) is 172 cm³/mol. The molecule has 2 N–H and O–H groups in total. The highest BCUT2D eigenvalue weighted by Crippen LogP contribution is 2.52. The van der Waals surface area contributed by atoms with Gasteiger partial charge >= 0.3 is 7.12 Å². The van der Waals surface area contributed by atoms with E-state index in [1.165, 1.54) is 18.2 Å². The van der Waals surface area contributed by atoms with E-state index in [-0.39, 0.29) is 35.3 Å². The number of carbonyl (C=O) groups excluding carboxylic acids is 2. The molecule has 2 heterocycles. The van der Waals surface area contributed by atoms with E-state index in [1.54, 1.807) is 24.3 Å². The van der Waals surface area contributed by atoms with E-state index < -0.39 is 41.8 Å². The van der Waals surface area contributed by atoms with Crippen molar-refractivity contribution < 1.29 is 29.3 Å². The number of anilines is 1. The second-order valence-corrected chi connectivity index (χ2v) is 12.4. The van der Waals surface area contributed by atoms with Crippen LogP contribution in [0.2, 0.25) is 6.32 Å². The number of aromatic hydroxyl groups is 1. The number of imide groups is 1. The molecule has 0 radical (unpaired) electrons. The Balaban J connectivity index is 1.34. The fourth-order valence-corrected chi connectivity index (χ4v) is 7.30. The molecule has 9 nitrogen and oxygen atoms in total. The van der Waals surface area contributed by atoms with Crippen LogP contribution in [0.5, 0.6) is 5.75 Å². The molecule has 3 aliphatic rings. The third-order valence-corrected chi connectivity index (χ3v) is 9.27. The lowest BCUT2D eigenvalue weighted by atomic mass is 9.57. The number of benzene rings is 3. The number of nitro benzene ring substituents is 1. The van der Waals surface area contributed by atoms with Crippen LogP contribution in [-0.4, -0.2) is 40.1 Å². The van der Waals surface area contributed by atoms with Gasteiger partial charge < -0.3 is 14.8 Å². The van der Waals surface area contributed by atoms with Gasteiger partial charge in [0.15, 0.2) is 0 Å². The van der Waals surface area contributed by atoms with Gasteiger partial charge in [-0.05, 0) is 77.9 Å². The van der Waals surface area contributed by atoms with Crippen molar-refractivity contribution in [3.05, 3.63) is 111 Å². The van der Waals surface area contributed by atoms with E-state index in [2.05, 4.69) is 13.8 Å². The number of nitrogens with zero attached hydrogens (tertiary/aromatic N) is 2. The number of hydrogen-bond donors (Lipinski definition) is 2. The number of fused-ring (bicyclic) bond motifs is 3. The molecule has 0 aromatic heterocycles. The van der Waals surface area contributed by atoms with Gasteiger partial charge in [0.2, 0.25) is 11.8 Å². The summed E-state index contributed by atoms with van der Waals surface area (Å²) >= 11 is 0. The standard InChI is InChI=1S/C35H35BN2O7/c1-21(2)28-19-29-33(35(41)37(34(29)40)25-11-7-12-26(18-25)38(43)44)30-20-36(42)45-31(32(28)30)15-14-24(23-9-4-3-5-10-23)16-22-8-6-13-27(39)17-22/h3-13,16-18,21,29-31,33,39,42H,14-15,19-20H2,1-2H3/b24-16-/t29-,30+,31-,33-/m1/s1. The fraction of sp³-hybridized carbons (Fsp3) is 0.314. The van der Waals surface area contributed by atoms with Crippen LogP contribution < -0.4 is 4.90 Å². The minimum absolute atomic E-state index is 0.0796. The molecule has 2 fully saturated rings. The average molecular weight is 606 g/mol. The summed E-state index contributed by atoms with van der Waals surface area (Å²) < 4.78 is 6.20. The SMILES string of the molecule is CC(C)C1=C2[C@@H](CC/C(=C/c3cccc(O)c3)c3ccccc3)OB(O)C[C@@H]2[C@@H]2C(=O)N(c3cccc([N+](=O)[O-])c3)C(=O)[C@@H]2C1. The predicted octanol–water partition coefficient (Wildman–Crippen LogP) is 6.28. The molecule has 1 aliphatic carbocycles. The Labute approximate surface area is 262 Å². The molecule has 230 valence electrons. The Bertz CT molecular complexity index is 1700. The molecule has 2 saturated heterocycles. The summed E-state index contributed by atoms with van der Waals surface area (Å²) in [5.74, 6) is -2.19. The fourth-order valence-electron chi connectivity index (χ4n) is 7.30. The average Bonchev–Trinajstić information content (AvgIpc) is 3.28. The maximum absolute atomic E-state index is 14.0. The van der Waals surface area contributed by atoms with Crippen molar-refractivity contribution in [2.45, 2.75) is 45.5 Å². The maximum atomic E-state index is 14.0. The van der Waals surface area contributed by atoms with Gasteiger partial charge in [-0.2, -0.15) is 0 Å². The second kappa shape index (κ2) is 12.5. The summed E-state index contributed by atoms with van der Waals surface area (Å²) in [7, 11) is -1.11. The monoisotopic (exact) mass is 606 g/mol. The molecular weight excluding hydrogens is 571 g/mol. The quantitative estimate of drug-likeness (QED) is 0.0771. The van der Waals surface area contributed by atoms with Crippen LogP contribution in [-0.2, 0) is 14.2 Å². The van der Waals surface area contributed by atoms with Crippen molar-refractivity contribution in [1.29, 1.82) is 0 Å². The van der Waals surface area contributed by atoms with Crippen molar-refractivity contribution >= 4 is 42.0 Å². The minimum Gasteiger partial charge on any atom is -0.508 e. The topological polar surface area (TPSA) is 130 Å². The molecule has 2 aliphatic heterocycles. The summed E-state index contributed by atoms with van der Waals surface area (Å²) in [5, 5.41) is 32.4. The number of nitro groups is 1. The first-order valence-corrected chi connectivity index (χ1v) is 15.4. The maximum Gasteiger partial charge on any atom is 0.455 e. The van der Waals surface area contributed by atoms with Crippen LogP contribution in [0.25, 0.3) is 11.6 Å². The third kappa shape index (κ3) is 5.95. The highest BCUT2D eigenvalue weighted by Gasteiger charge is 2.58. The summed E-state index contributed by atoms with van der Waals surface area (Å²) in [4.78, 5) is 39.8. The Morgan fingerprint density at radius 1 is 1.04 bits per heavy atom. The summed E-state index contributed by atoms with van der Waals surface area (Å²) in [5.41, 5.74) is 4.97. The van der Waals surface area contributed by atoms with Crippen molar-refractivity contribution in [3.8, 4) is 5.75 Å². The normalized spacial score (nSPS) is 23.4. The summed E-state index contributed by atoms with van der Waals surface area (Å²) in [6, 6.07) is 22.6. The summed E-state index contributed by atoms with van der Waals surface area (Å²) in [6.07, 6.45) is 3.28. The van der Waals surface area contributed by atoms with Crippen LogP contribution in [0.4, 0.5) is 11.4 Å². The Kier molecular flexibility index (Phi) is 8.44. The molecule has 4 atom stereocenters. The smallest absolute Gasteiger partial charge is 0.455 e. The van der Waals surface area contributed by atoms with Crippen LogP contribution >= 0.6 is 0 Å². The van der Waals surface area contributed by atoms with Gasteiger partial charge in [0.1, 0.15) is 5.75 Å². The lowest BCUT2D eigenvalue weighted by Crippen LogP contribution is -2.46. The zero-order valence-electron chi connectivity index (χ0n) is 25.2. The number of phenols is 1. The number of carbonyl (C=O) groups is 2. The number of amides is 2. The molecule has 3 aromatic rings. The lowest BCUT2D eigenvalue weighted by molar-refractivity contribution is -0.384. The molecule has 2 amide bonds. The minimum atomic E-state index is -1.11.